The Balaban J connectivity index is 2.49. The first-order valence-corrected chi connectivity index (χ1v) is 10.4. The predicted molar refractivity (Wildman–Crippen MR) is 113 cm³/mol. The second-order valence-electron chi connectivity index (χ2n) is 7.46. The molecule has 4 unspecified atom stereocenters. The van der Waals surface area contributed by atoms with Crippen molar-refractivity contribution in [1.29, 1.82) is 0 Å². The summed E-state index contributed by atoms with van der Waals surface area (Å²) in [6, 6.07) is 3.16. The Labute approximate surface area is 172 Å². The summed E-state index contributed by atoms with van der Waals surface area (Å²) in [5.74, 6) is 0.181. The molecule has 1 aromatic rings. The average molecular weight is 425 g/mol. The van der Waals surface area contributed by atoms with Crippen LogP contribution in [0.25, 0.3) is 5.57 Å². The molecule has 0 radical (unpaired) electrons. The Kier molecular flexibility index (Phi) is 8.09. The molecule has 0 spiro atoms. The number of hydrogen-bond donors (Lipinski definition) is 2. The number of hydrogen-bond acceptors (Lipinski definition) is 2. The first-order valence-electron chi connectivity index (χ1n) is 9.58. The number of rotatable bonds is 9. The van der Waals surface area contributed by atoms with Crippen LogP contribution in [0.2, 0.25) is 0 Å². The third-order valence-corrected chi connectivity index (χ3v) is 5.97. The molecule has 1 saturated carbocycles. The van der Waals surface area contributed by atoms with Gasteiger partial charge in [-0.2, -0.15) is 0 Å². The molecule has 158 valence electrons. The van der Waals surface area contributed by atoms with Crippen LogP contribution in [0.5, 0.6) is 0 Å². The number of nitrogens with zero attached hydrogens (tertiary/aromatic N) is 1. The van der Waals surface area contributed by atoms with Crippen molar-refractivity contribution in [3.63, 3.8) is 0 Å². The zero-order chi connectivity index (χ0) is 21.7. The summed E-state index contributed by atoms with van der Waals surface area (Å²) in [4.78, 5) is 0. The fourth-order valence-corrected chi connectivity index (χ4v) is 4.24. The van der Waals surface area contributed by atoms with E-state index in [0.717, 1.165) is 35.4 Å². The van der Waals surface area contributed by atoms with Crippen molar-refractivity contribution in [3.05, 3.63) is 71.5 Å². The topological polar surface area (TPSA) is 50.1 Å². The minimum atomic E-state index is -2.90. The molecule has 7 heteroatoms. The van der Waals surface area contributed by atoms with E-state index >= 15 is 0 Å². The number of alkyl halides is 2. The van der Waals surface area contributed by atoms with Crippen molar-refractivity contribution in [2.24, 2.45) is 17.6 Å². The van der Waals surface area contributed by atoms with E-state index in [1.807, 2.05) is 6.92 Å². The maximum Gasteiger partial charge on any atom is 0.264 e. The Bertz CT molecular complexity index is 848. The molecule has 29 heavy (non-hydrogen) atoms. The van der Waals surface area contributed by atoms with Gasteiger partial charge in [0.05, 0.1) is 11.5 Å². The van der Waals surface area contributed by atoms with Gasteiger partial charge in [-0.3, -0.25) is 5.21 Å². The minimum Gasteiger partial charge on any atom is -0.402 e. The molecule has 4 atom stereocenters. The average Bonchev–Trinajstić information content (AvgIpc) is 3.44. The highest BCUT2D eigenvalue weighted by atomic mass is 31.0. The second kappa shape index (κ2) is 10.1. The molecule has 1 fully saturated rings. The van der Waals surface area contributed by atoms with E-state index in [-0.39, 0.29) is 17.1 Å². The Morgan fingerprint density at radius 2 is 2.10 bits per heavy atom. The lowest BCUT2D eigenvalue weighted by Crippen LogP contribution is -2.37. The van der Waals surface area contributed by atoms with Crippen LogP contribution < -0.4 is 10.5 Å². The Hall–Kier alpha value is -2.07. The summed E-state index contributed by atoms with van der Waals surface area (Å²) in [7, 11) is 2.76. The molecule has 0 aromatic carbocycles. The van der Waals surface area contributed by atoms with Crippen LogP contribution in [0, 0.1) is 11.8 Å². The van der Waals surface area contributed by atoms with Gasteiger partial charge in [0.15, 0.2) is 0 Å². The summed E-state index contributed by atoms with van der Waals surface area (Å²) in [5, 5.41) is 10.6. The normalized spacial score (nSPS) is 21.4. The predicted octanol–water partition coefficient (Wildman–Crippen LogP) is 5.14. The van der Waals surface area contributed by atoms with Gasteiger partial charge in [-0.1, -0.05) is 24.3 Å². The summed E-state index contributed by atoms with van der Waals surface area (Å²) >= 11 is 0. The molecule has 1 heterocycles. The van der Waals surface area contributed by atoms with E-state index in [0.29, 0.717) is 23.7 Å². The molecule has 1 aliphatic rings. The summed E-state index contributed by atoms with van der Waals surface area (Å²) in [5.41, 5.74) is 6.03. The SMILES string of the molecule is C=C(C)C(CC1CC1CP)c1ccc(C(/C(F)=C/N)=C(/C=C\C)C(F)F)c[n+]1O. The van der Waals surface area contributed by atoms with E-state index in [1.54, 1.807) is 13.0 Å². The molecule has 0 aliphatic heterocycles. The van der Waals surface area contributed by atoms with Crippen molar-refractivity contribution >= 4 is 14.8 Å². The third-order valence-electron chi connectivity index (χ3n) is 5.37. The first-order chi connectivity index (χ1) is 13.7. The molecule has 3 N–H and O–H groups in total. The van der Waals surface area contributed by atoms with Crippen LogP contribution in [0.15, 0.2) is 60.2 Å². The van der Waals surface area contributed by atoms with Crippen LogP contribution in [0.4, 0.5) is 13.2 Å². The number of halogens is 3. The van der Waals surface area contributed by atoms with Gasteiger partial charge < -0.3 is 5.73 Å². The van der Waals surface area contributed by atoms with Gasteiger partial charge in [0, 0.05) is 28.1 Å². The lowest BCUT2D eigenvalue weighted by molar-refractivity contribution is -0.910. The molecule has 1 aromatic heterocycles. The summed E-state index contributed by atoms with van der Waals surface area (Å²) < 4.78 is 42.3. The van der Waals surface area contributed by atoms with Crippen molar-refractivity contribution in [1.82, 2.24) is 0 Å². The quantitative estimate of drug-likeness (QED) is 0.189. The van der Waals surface area contributed by atoms with Gasteiger partial charge in [0.2, 0.25) is 11.9 Å². The zero-order valence-corrected chi connectivity index (χ0v) is 17.9. The smallest absolute Gasteiger partial charge is 0.264 e. The molecule has 0 amide bonds. The number of allylic oxidation sites excluding steroid dienone is 6. The van der Waals surface area contributed by atoms with Crippen molar-refractivity contribution in [3.8, 4) is 0 Å². The van der Waals surface area contributed by atoms with E-state index in [1.165, 1.54) is 18.3 Å². The molecule has 0 bridgehead atoms. The molecule has 1 aliphatic carbocycles. The number of aromatic nitrogens is 1. The van der Waals surface area contributed by atoms with Crippen LogP contribution >= 0.6 is 9.24 Å². The van der Waals surface area contributed by atoms with Gasteiger partial charge in [0.25, 0.3) is 6.43 Å². The Morgan fingerprint density at radius 1 is 1.41 bits per heavy atom. The van der Waals surface area contributed by atoms with Gasteiger partial charge in [0.1, 0.15) is 5.83 Å². The van der Waals surface area contributed by atoms with Crippen molar-refractivity contribution in [2.45, 2.75) is 39.0 Å². The molecular formula is C22H29F3N2OP+. The zero-order valence-electron chi connectivity index (χ0n) is 16.8. The Morgan fingerprint density at radius 3 is 2.55 bits per heavy atom. The van der Waals surface area contributed by atoms with Gasteiger partial charge in [-0.15, -0.1) is 9.24 Å². The summed E-state index contributed by atoms with van der Waals surface area (Å²) in [6.07, 6.45) is 4.59. The highest BCUT2D eigenvalue weighted by Crippen LogP contribution is 2.47. The van der Waals surface area contributed by atoms with Gasteiger partial charge in [-0.25, -0.2) is 13.2 Å². The van der Waals surface area contributed by atoms with Gasteiger partial charge >= 0.3 is 0 Å². The summed E-state index contributed by atoms with van der Waals surface area (Å²) in [6.45, 7) is 7.52. The lowest BCUT2D eigenvalue weighted by atomic mass is 9.90. The highest BCUT2D eigenvalue weighted by molar-refractivity contribution is 7.16. The van der Waals surface area contributed by atoms with Crippen LogP contribution in [-0.4, -0.2) is 17.8 Å². The third kappa shape index (κ3) is 5.51. The maximum absolute atomic E-state index is 14.4. The molecule has 0 saturated heterocycles. The van der Waals surface area contributed by atoms with Crippen LogP contribution in [0.1, 0.15) is 43.9 Å². The van der Waals surface area contributed by atoms with E-state index in [9.17, 15) is 18.4 Å². The maximum atomic E-state index is 14.4. The van der Waals surface area contributed by atoms with Gasteiger partial charge in [-0.05, 0) is 50.8 Å². The lowest BCUT2D eigenvalue weighted by Gasteiger charge is -2.15. The van der Waals surface area contributed by atoms with Crippen LogP contribution in [-0.2, 0) is 0 Å². The van der Waals surface area contributed by atoms with Crippen molar-refractivity contribution in [2.75, 3.05) is 6.16 Å². The van der Waals surface area contributed by atoms with Crippen LogP contribution in [0.3, 0.4) is 0 Å². The van der Waals surface area contributed by atoms with E-state index in [2.05, 4.69) is 15.8 Å². The van der Waals surface area contributed by atoms with E-state index < -0.39 is 17.8 Å². The fraction of sp³-hybridized carbons (Fsp3) is 0.409. The first kappa shape index (κ1) is 23.2. The standard InChI is InChI=1S/C22H29F3N2OP/c1-4-5-17(22(24)25)21(19(23)10-26)14-6-7-20(27(28)11-14)18(13(2)3)9-15-8-16(15)12-29/h4-7,10-11,15-16,18,22,28H,2,8-9,12,26,29H2,1,3H3/q+1/b5-4-,19-10-,21-17+. The van der Waals surface area contributed by atoms with E-state index in [4.69, 9.17) is 5.73 Å². The van der Waals surface area contributed by atoms with Crippen molar-refractivity contribution < 1.29 is 23.1 Å². The second-order valence-corrected chi connectivity index (χ2v) is 7.93. The number of pyridine rings is 1. The number of nitrogens with two attached hydrogens (primary N) is 1. The molecule has 2 rings (SSSR count). The fourth-order valence-electron chi connectivity index (χ4n) is 3.66. The highest BCUT2D eigenvalue weighted by Gasteiger charge is 2.39. The largest absolute Gasteiger partial charge is 0.402 e. The monoisotopic (exact) mass is 425 g/mol. The molecule has 3 nitrogen and oxygen atoms in total. The molecular weight excluding hydrogens is 396 g/mol. The minimum absolute atomic E-state index is 0.0759.